The molecule has 1 fully saturated rings. The Labute approximate surface area is 156 Å². The molecule has 0 amide bonds. The summed E-state index contributed by atoms with van der Waals surface area (Å²) in [6, 6.07) is 6.14. The number of aliphatic hydroxyl groups is 1. The number of methoxy groups -OCH3 is 1. The number of rotatable bonds is 6. The van der Waals surface area contributed by atoms with Gasteiger partial charge in [0, 0.05) is 43.8 Å². The number of aromatic nitrogens is 5. The molecule has 0 radical (unpaired) electrons. The molecule has 1 aliphatic heterocycles. The van der Waals surface area contributed by atoms with Gasteiger partial charge in [0.25, 0.3) is 0 Å². The minimum Gasteiger partial charge on any atom is -0.467 e. The van der Waals surface area contributed by atoms with Gasteiger partial charge in [0.15, 0.2) is 0 Å². The summed E-state index contributed by atoms with van der Waals surface area (Å²) in [6.45, 7) is 4.15. The number of hydrogen-bond acceptors (Lipinski definition) is 9. The van der Waals surface area contributed by atoms with Crippen LogP contribution in [-0.2, 0) is 0 Å². The van der Waals surface area contributed by atoms with E-state index < -0.39 is 0 Å². The number of benzene rings is 1. The molecule has 0 spiro atoms. The van der Waals surface area contributed by atoms with Crippen molar-refractivity contribution in [3.05, 3.63) is 24.4 Å². The Balaban J connectivity index is 1.53. The third-order valence-corrected chi connectivity index (χ3v) is 4.56. The lowest BCUT2D eigenvalue weighted by Gasteiger charge is -2.34. The maximum absolute atomic E-state index is 9.08. The number of nitrogens with zero attached hydrogens (tertiary/aromatic N) is 6. The largest absolute Gasteiger partial charge is 0.467 e. The van der Waals surface area contributed by atoms with E-state index in [1.807, 2.05) is 18.2 Å². The third kappa shape index (κ3) is 3.91. The minimum absolute atomic E-state index is 0.175. The van der Waals surface area contributed by atoms with Gasteiger partial charge in [-0.2, -0.15) is 20.1 Å². The van der Waals surface area contributed by atoms with Crippen molar-refractivity contribution >= 4 is 28.5 Å². The van der Waals surface area contributed by atoms with Gasteiger partial charge >= 0.3 is 6.01 Å². The predicted molar refractivity (Wildman–Crippen MR) is 101 cm³/mol. The number of ether oxygens (including phenoxy) is 1. The second kappa shape index (κ2) is 7.72. The van der Waals surface area contributed by atoms with Crippen LogP contribution in [0, 0.1) is 0 Å². The van der Waals surface area contributed by atoms with Crippen molar-refractivity contribution < 1.29 is 9.84 Å². The first kappa shape index (κ1) is 17.4. The van der Waals surface area contributed by atoms with Crippen molar-refractivity contribution in [1.29, 1.82) is 0 Å². The maximum Gasteiger partial charge on any atom is 0.322 e. The summed E-state index contributed by atoms with van der Waals surface area (Å²) in [5.74, 6) is 1.00. The number of β-amino-alcohol motifs (C(OH)–C–C–N with tert-alkyl or cyclic N) is 1. The Kier molecular flexibility index (Phi) is 4.99. The Morgan fingerprint density at radius 1 is 1.19 bits per heavy atom. The van der Waals surface area contributed by atoms with E-state index in [1.165, 1.54) is 0 Å². The average Bonchev–Trinajstić information content (AvgIpc) is 3.16. The molecule has 3 heterocycles. The predicted octanol–water partition coefficient (Wildman–Crippen LogP) is 0.614. The van der Waals surface area contributed by atoms with Gasteiger partial charge in [0.05, 0.1) is 25.4 Å². The molecule has 10 heteroatoms. The highest BCUT2D eigenvalue weighted by Crippen LogP contribution is 2.22. The second-order valence-electron chi connectivity index (χ2n) is 6.30. The van der Waals surface area contributed by atoms with Gasteiger partial charge in [-0.15, -0.1) is 0 Å². The van der Waals surface area contributed by atoms with E-state index in [4.69, 9.17) is 9.84 Å². The summed E-state index contributed by atoms with van der Waals surface area (Å²) in [5.41, 5.74) is 1.78. The lowest BCUT2D eigenvalue weighted by molar-refractivity contribution is 0.188. The van der Waals surface area contributed by atoms with E-state index in [0.29, 0.717) is 18.4 Å². The molecular weight excluding hydrogens is 348 g/mol. The van der Waals surface area contributed by atoms with Gasteiger partial charge in [-0.1, -0.05) is 0 Å². The van der Waals surface area contributed by atoms with Crippen LogP contribution in [0.5, 0.6) is 6.01 Å². The molecule has 10 nitrogen and oxygen atoms in total. The van der Waals surface area contributed by atoms with Crippen LogP contribution in [0.3, 0.4) is 0 Å². The maximum atomic E-state index is 9.08. The topological polar surface area (TPSA) is 115 Å². The highest BCUT2D eigenvalue weighted by atomic mass is 16.5. The first-order valence-electron chi connectivity index (χ1n) is 8.83. The van der Waals surface area contributed by atoms with E-state index in [9.17, 15) is 0 Å². The van der Waals surface area contributed by atoms with E-state index >= 15 is 0 Å². The number of aliphatic hydroxyl groups excluding tert-OH is 1. The van der Waals surface area contributed by atoms with Crippen LogP contribution in [0.1, 0.15) is 0 Å². The van der Waals surface area contributed by atoms with Crippen molar-refractivity contribution in [3.8, 4) is 6.01 Å². The number of fused-ring (bicyclic) bond motifs is 1. The van der Waals surface area contributed by atoms with Crippen LogP contribution in [0.4, 0.5) is 17.6 Å². The molecule has 1 aliphatic rings. The molecule has 3 N–H and O–H groups in total. The van der Waals surface area contributed by atoms with Gasteiger partial charge in [-0.3, -0.25) is 10.00 Å². The smallest absolute Gasteiger partial charge is 0.322 e. The first-order chi connectivity index (χ1) is 13.2. The van der Waals surface area contributed by atoms with Crippen LogP contribution in [-0.4, -0.2) is 81.6 Å². The van der Waals surface area contributed by atoms with Gasteiger partial charge < -0.3 is 20.1 Å². The molecule has 1 aromatic carbocycles. The zero-order chi connectivity index (χ0) is 18.6. The number of hydrogen-bond donors (Lipinski definition) is 3. The Morgan fingerprint density at radius 3 is 2.81 bits per heavy atom. The highest BCUT2D eigenvalue weighted by molar-refractivity contribution is 5.82. The Bertz CT molecular complexity index is 907. The van der Waals surface area contributed by atoms with Gasteiger partial charge in [0.1, 0.15) is 0 Å². The molecule has 1 saturated heterocycles. The monoisotopic (exact) mass is 370 g/mol. The summed E-state index contributed by atoms with van der Waals surface area (Å²) >= 11 is 0. The van der Waals surface area contributed by atoms with E-state index in [0.717, 1.165) is 42.8 Å². The third-order valence-electron chi connectivity index (χ3n) is 4.56. The quantitative estimate of drug-likeness (QED) is 0.574. The van der Waals surface area contributed by atoms with E-state index in [1.54, 1.807) is 13.3 Å². The number of nitrogens with one attached hydrogen (secondary N) is 2. The molecule has 0 bridgehead atoms. The highest BCUT2D eigenvalue weighted by Gasteiger charge is 2.20. The number of aromatic amines is 1. The van der Waals surface area contributed by atoms with Crippen LogP contribution in [0.2, 0.25) is 0 Å². The zero-order valence-electron chi connectivity index (χ0n) is 15.1. The van der Waals surface area contributed by atoms with Crippen molar-refractivity contribution in [2.45, 2.75) is 0 Å². The molecular formula is C17H22N8O2. The normalized spacial score (nSPS) is 15.3. The summed E-state index contributed by atoms with van der Waals surface area (Å²) in [5, 5.41) is 20.3. The summed E-state index contributed by atoms with van der Waals surface area (Å²) in [7, 11) is 1.54. The minimum atomic E-state index is 0.175. The van der Waals surface area contributed by atoms with Crippen molar-refractivity contribution in [2.24, 2.45) is 0 Å². The van der Waals surface area contributed by atoms with Crippen LogP contribution < -0.4 is 15.0 Å². The van der Waals surface area contributed by atoms with Crippen molar-refractivity contribution in [3.63, 3.8) is 0 Å². The van der Waals surface area contributed by atoms with Crippen LogP contribution in [0.15, 0.2) is 24.4 Å². The first-order valence-corrected chi connectivity index (χ1v) is 8.83. The number of H-pyrrole nitrogens is 1. The number of anilines is 3. The summed E-state index contributed by atoms with van der Waals surface area (Å²) < 4.78 is 5.25. The molecule has 0 saturated carbocycles. The lowest BCUT2D eigenvalue weighted by Crippen LogP contribution is -2.47. The number of piperazine rings is 1. The zero-order valence-corrected chi connectivity index (χ0v) is 15.1. The fourth-order valence-corrected chi connectivity index (χ4v) is 3.09. The fraction of sp³-hybridized carbons (Fsp3) is 0.412. The summed E-state index contributed by atoms with van der Waals surface area (Å²) in [4.78, 5) is 17.6. The molecule has 27 heavy (non-hydrogen) atoms. The Hall–Kier alpha value is -2.98. The summed E-state index contributed by atoms with van der Waals surface area (Å²) in [6.07, 6.45) is 1.78. The molecule has 2 aromatic heterocycles. The van der Waals surface area contributed by atoms with E-state index in [2.05, 4.69) is 40.3 Å². The second-order valence-corrected chi connectivity index (χ2v) is 6.30. The molecule has 0 unspecified atom stereocenters. The molecule has 3 aromatic rings. The molecule has 142 valence electrons. The SMILES string of the molecule is COc1nc(Nc2ccc3cn[nH]c3c2)nc(N2CCN(CCO)CC2)n1. The molecule has 4 rings (SSSR count). The van der Waals surface area contributed by atoms with Crippen molar-refractivity contribution in [2.75, 3.05) is 56.7 Å². The fourth-order valence-electron chi connectivity index (χ4n) is 3.09. The molecule has 0 atom stereocenters. The average molecular weight is 370 g/mol. The lowest BCUT2D eigenvalue weighted by atomic mass is 10.2. The van der Waals surface area contributed by atoms with Crippen molar-refractivity contribution in [1.82, 2.24) is 30.0 Å². The molecule has 0 aliphatic carbocycles. The van der Waals surface area contributed by atoms with Gasteiger partial charge in [0.2, 0.25) is 11.9 Å². The van der Waals surface area contributed by atoms with Crippen LogP contribution in [0.25, 0.3) is 10.9 Å². The van der Waals surface area contributed by atoms with Crippen LogP contribution >= 0.6 is 0 Å². The van der Waals surface area contributed by atoms with Gasteiger partial charge in [-0.25, -0.2) is 0 Å². The Morgan fingerprint density at radius 2 is 2.04 bits per heavy atom. The standard InChI is InChI=1S/C17H22N8O2/c1-27-17-21-15(19-13-3-2-12-11-18-23-14(12)10-13)20-16(22-17)25-6-4-24(5-7-25)8-9-26/h2-3,10-11,26H,4-9H2,1H3,(H,18,23)(H,19,20,21,22). The van der Waals surface area contributed by atoms with E-state index in [-0.39, 0.29) is 12.6 Å². The van der Waals surface area contributed by atoms with Gasteiger partial charge in [-0.05, 0) is 18.2 Å².